The molecule has 3 heterocycles. The number of benzene rings is 11. The van der Waals surface area contributed by atoms with E-state index in [1.165, 1.54) is 38.8 Å². The first-order chi connectivity index (χ1) is 36.9. The van der Waals surface area contributed by atoms with Crippen LogP contribution in [0.25, 0.3) is 110 Å². The van der Waals surface area contributed by atoms with E-state index in [0.717, 1.165) is 88.6 Å². The predicted octanol–water partition coefficient (Wildman–Crippen LogP) is 18.3. The summed E-state index contributed by atoms with van der Waals surface area (Å²) in [7, 11) is 0. The van der Waals surface area contributed by atoms with E-state index in [0.29, 0.717) is 11.0 Å². The van der Waals surface area contributed by atoms with Crippen molar-refractivity contribution >= 4 is 82.4 Å². The molecule has 0 saturated carbocycles. The van der Waals surface area contributed by atoms with Crippen LogP contribution in [0.4, 0.5) is 17.1 Å². The molecule has 0 N–H and O–H groups in total. The summed E-state index contributed by atoms with van der Waals surface area (Å²) >= 11 is 0. The highest BCUT2D eigenvalue weighted by Crippen LogP contribution is 2.51. The first-order valence-corrected chi connectivity index (χ1v) is 25.7. The normalized spacial score (nSPS) is 12.8. The number of aromatic nitrogens is 2. The standard InChI is InChI=1S/C70H47N3O2/c1-70(2)62-22-12-9-19-53(62)54-36-34-52(41-63(54)70)71(49-30-25-45(26-31-49)44-15-5-3-6-16-44)50-32-27-46(28-33-50)47-29-37-65-58(39-47)60-42-57-56-21-11-14-24-68(56)75-69(74)61(57)43-67(60)73(65)51-35-38-66-59(40-51)55-20-10-13-23-64(55)72(66)48-17-7-4-8-18-48/h3-43H,1-2H3. The average molecular weight is 962 g/mol. The van der Waals surface area contributed by atoms with E-state index in [2.05, 4.69) is 246 Å². The molecule has 0 spiro atoms. The molecule has 0 aliphatic heterocycles. The maximum atomic E-state index is 13.9. The first-order valence-electron chi connectivity index (χ1n) is 25.7. The molecular weight excluding hydrogens is 915 g/mol. The van der Waals surface area contributed by atoms with Crippen molar-refractivity contribution in [3.63, 3.8) is 0 Å². The minimum absolute atomic E-state index is 0.141. The van der Waals surface area contributed by atoms with E-state index >= 15 is 0 Å². The number of nitrogens with zero attached hydrogens (tertiary/aromatic N) is 3. The largest absolute Gasteiger partial charge is 0.422 e. The van der Waals surface area contributed by atoms with Gasteiger partial charge in [-0.1, -0.05) is 159 Å². The number of anilines is 3. The lowest BCUT2D eigenvalue weighted by Crippen LogP contribution is -2.16. The van der Waals surface area contributed by atoms with Crippen LogP contribution in [0.2, 0.25) is 0 Å². The summed E-state index contributed by atoms with van der Waals surface area (Å²) in [4.78, 5) is 16.3. The Morgan fingerprint density at radius 3 is 1.67 bits per heavy atom. The topological polar surface area (TPSA) is 43.3 Å². The van der Waals surface area contributed by atoms with Crippen molar-refractivity contribution in [2.24, 2.45) is 0 Å². The fraction of sp³-hybridized carbons (Fsp3) is 0.0429. The molecular formula is C70H47N3O2. The monoisotopic (exact) mass is 961 g/mol. The van der Waals surface area contributed by atoms with E-state index in [1.54, 1.807) is 0 Å². The van der Waals surface area contributed by atoms with Crippen LogP contribution in [0.5, 0.6) is 0 Å². The molecule has 15 rings (SSSR count). The second-order valence-corrected chi connectivity index (χ2v) is 20.5. The summed E-state index contributed by atoms with van der Waals surface area (Å²) in [5.74, 6) is 0. The lowest BCUT2D eigenvalue weighted by molar-refractivity contribution is 0.570. The summed E-state index contributed by atoms with van der Waals surface area (Å²) in [6.07, 6.45) is 0. The Balaban J connectivity index is 0.889. The summed E-state index contributed by atoms with van der Waals surface area (Å²) in [5, 5.41) is 6.83. The highest BCUT2D eigenvalue weighted by molar-refractivity contribution is 6.18. The van der Waals surface area contributed by atoms with Crippen molar-refractivity contribution < 1.29 is 4.42 Å². The van der Waals surface area contributed by atoms with Gasteiger partial charge in [0.1, 0.15) is 5.58 Å². The third kappa shape index (κ3) is 6.61. The maximum Gasteiger partial charge on any atom is 0.344 e. The first kappa shape index (κ1) is 42.9. The molecule has 3 aromatic heterocycles. The van der Waals surface area contributed by atoms with Gasteiger partial charge in [0.05, 0.1) is 27.5 Å². The minimum Gasteiger partial charge on any atom is -0.422 e. The molecule has 0 atom stereocenters. The molecule has 0 unspecified atom stereocenters. The van der Waals surface area contributed by atoms with E-state index in [9.17, 15) is 4.79 Å². The fourth-order valence-corrected chi connectivity index (χ4v) is 12.3. The number of fused-ring (bicyclic) bond motifs is 12. The molecule has 0 amide bonds. The minimum atomic E-state index is -0.348. The zero-order chi connectivity index (χ0) is 49.9. The van der Waals surface area contributed by atoms with E-state index < -0.39 is 0 Å². The highest BCUT2D eigenvalue weighted by atomic mass is 16.4. The number of hydrogen-bond acceptors (Lipinski definition) is 3. The van der Waals surface area contributed by atoms with Crippen LogP contribution >= 0.6 is 0 Å². The van der Waals surface area contributed by atoms with Gasteiger partial charge >= 0.3 is 5.63 Å². The van der Waals surface area contributed by atoms with Crippen LogP contribution in [0, 0.1) is 0 Å². The summed E-state index contributed by atoms with van der Waals surface area (Å²) in [5.41, 5.74) is 19.6. The SMILES string of the molecule is CC1(C)c2ccccc2-c2ccc(N(c3ccc(-c4ccccc4)cc3)c3ccc(-c4ccc5c(c4)c4cc6c(cc4n5-c4ccc5c(c4)c4ccccc4n5-c4ccccc4)c(=O)oc4ccccc46)cc3)cc21. The van der Waals surface area contributed by atoms with Gasteiger partial charge in [-0.2, -0.15) is 0 Å². The Morgan fingerprint density at radius 2 is 0.893 bits per heavy atom. The summed E-state index contributed by atoms with van der Waals surface area (Å²) in [6.45, 7) is 4.69. The van der Waals surface area contributed by atoms with Gasteiger partial charge < -0.3 is 18.5 Å². The van der Waals surface area contributed by atoms with Crippen LogP contribution in [-0.4, -0.2) is 9.13 Å². The Morgan fingerprint density at radius 1 is 0.347 bits per heavy atom. The van der Waals surface area contributed by atoms with Crippen molar-refractivity contribution in [3.05, 3.63) is 270 Å². The van der Waals surface area contributed by atoms with E-state index in [-0.39, 0.29) is 11.0 Å². The van der Waals surface area contributed by atoms with Crippen LogP contribution in [-0.2, 0) is 5.41 Å². The molecule has 354 valence electrons. The lowest BCUT2D eigenvalue weighted by atomic mass is 9.82. The van der Waals surface area contributed by atoms with Crippen LogP contribution in [0.3, 0.4) is 0 Å². The molecule has 5 nitrogen and oxygen atoms in total. The third-order valence-electron chi connectivity index (χ3n) is 15.9. The van der Waals surface area contributed by atoms with E-state index in [4.69, 9.17) is 4.42 Å². The molecule has 0 radical (unpaired) electrons. The van der Waals surface area contributed by atoms with Gasteiger partial charge in [0.15, 0.2) is 0 Å². The number of para-hydroxylation sites is 3. The van der Waals surface area contributed by atoms with Gasteiger partial charge in [0, 0.05) is 66.2 Å². The van der Waals surface area contributed by atoms with Gasteiger partial charge in [-0.05, 0) is 148 Å². The quantitative estimate of drug-likeness (QED) is 0.118. The van der Waals surface area contributed by atoms with Gasteiger partial charge in [-0.15, -0.1) is 0 Å². The molecule has 0 bridgehead atoms. The Hall–Kier alpha value is -9.71. The molecule has 14 aromatic rings. The second kappa shape index (κ2) is 16.4. The Kier molecular flexibility index (Phi) is 9.39. The molecule has 5 heteroatoms. The predicted molar refractivity (Wildman–Crippen MR) is 312 cm³/mol. The maximum absolute atomic E-state index is 13.9. The molecule has 11 aromatic carbocycles. The Labute approximate surface area is 433 Å². The van der Waals surface area contributed by atoms with E-state index in [1.807, 2.05) is 30.3 Å². The van der Waals surface area contributed by atoms with Gasteiger partial charge in [-0.25, -0.2) is 4.79 Å². The molecule has 75 heavy (non-hydrogen) atoms. The fourth-order valence-electron chi connectivity index (χ4n) is 12.3. The van der Waals surface area contributed by atoms with Crippen molar-refractivity contribution in [1.29, 1.82) is 0 Å². The molecule has 1 aliphatic carbocycles. The summed E-state index contributed by atoms with van der Waals surface area (Å²) in [6, 6.07) is 89.1. The Bertz CT molecular complexity index is 4680. The molecule has 1 aliphatic rings. The van der Waals surface area contributed by atoms with Gasteiger partial charge in [-0.3, -0.25) is 0 Å². The number of rotatable bonds is 7. The highest BCUT2D eigenvalue weighted by Gasteiger charge is 2.36. The molecule has 0 saturated heterocycles. The van der Waals surface area contributed by atoms with Crippen molar-refractivity contribution in [3.8, 4) is 44.8 Å². The number of hydrogen-bond donors (Lipinski definition) is 0. The smallest absolute Gasteiger partial charge is 0.344 e. The van der Waals surface area contributed by atoms with Crippen LogP contribution in [0.15, 0.2) is 258 Å². The second-order valence-electron chi connectivity index (χ2n) is 20.5. The van der Waals surface area contributed by atoms with Gasteiger partial charge in [0.2, 0.25) is 0 Å². The van der Waals surface area contributed by atoms with Crippen LogP contribution < -0.4 is 10.5 Å². The average Bonchev–Trinajstić information content (AvgIpc) is 4.06. The lowest BCUT2D eigenvalue weighted by Gasteiger charge is -2.28. The van der Waals surface area contributed by atoms with Gasteiger partial charge in [0.25, 0.3) is 0 Å². The zero-order valence-electron chi connectivity index (χ0n) is 41.3. The summed E-state index contributed by atoms with van der Waals surface area (Å²) < 4.78 is 10.6. The zero-order valence-corrected chi connectivity index (χ0v) is 41.3. The van der Waals surface area contributed by atoms with Crippen molar-refractivity contribution in [2.75, 3.05) is 4.90 Å². The third-order valence-corrected chi connectivity index (χ3v) is 15.9. The van der Waals surface area contributed by atoms with Crippen molar-refractivity contribution in [2.45, 2.75) is 19.3 Å². The molecule has 0 fully saturated rings. The van der Waals surface area contributed by atoms with Crippen LogP contribution in [0.1, 0.15) is 25.0 Å². The van der Waals surface area contributed by atoms with Crippen molar-refractivity contribution in [1.82, 2.24) is 9.13 Å².